The second kappa shape index (κ2) is 4.97. The molecule has 0 saturated carbocycles. The Morgan fingerprint density at radius 2 is 2.19 bits per heavy atom. The van der Waals surface area contributed by atoms with Gasteiger partial charge in [0.05, 0.1) is 7.11 Å². The summed E-state index contributed by atoms with van der Waals surface area (Å²) < 4.78 is 6.20. The normalized spacial score (nSPS) is 10.1. The Hall–Kier alpha value is -0.880. The molecule has 1 heterocycles. The predicted octanol–water partition coefficient (Wildman–Crippen LogP) is 3.59. The molecule has 4 heteroatoms. The molecule has 0 spiro atoms. The van der Waals surface area contributed by atoms with Gasteiger partial charge >= 0.3 is 0 Å². The van der Waals surface area contributed by atoms with E-state index in [0.717, 1.165) is 3.57 Å². The largest absolute Gasteiger partial charge is 0.495 e. The number of halogens is 1. The van der Waals surface area contributed by atoms with Crippen LogP contribution in [0, 0.1) is 3.57 Å². The summed E-state index contributed by atoms with van der Waals surface area (Å²) in [7, 11) is 1.58. The Kier molecular flexibility index (Phi) is 3.60. The smallest absolute Gasteiger partial charge is 0.206 e. The number of rotatable bonds is 3. The van der Waals surface area contributed by atoms with E-state index in [0.29, 0.717) is 16.2 Å². The average Bonchev–Trinajstić information content (AvgIpc) is 2.76. The molecule has 0 unspecified atom stereocenters. The number of carbonyl (C=O) groups is 1. The van der Waals surface area contributed by atoms with E-state index >= 15 is 0 Å². The van der Waals surface area contributed by atoms with Crippen molar-refractivity contribution in [3.8, 4) is 5.75 Å². The molecule has 82 valence electrons. The number of benzene rings is 1. The highest BCUT2D eigenvalue weighted by Crippen LogP contribution is 2.27. The summed E-state index contributed by atoms with van der Waals surface area (Å²) in [5.74, 6) is 0.666. The molecule has 0 bridgehead atoms. The first kappa shape index (κ1) is 11.6. The van der Waals surface area contributed by atoms with Crippen LogP contribution in [0.15, 0.2) is 35.7 Å². The van der Waals surface area contributed by atoms with Crippen molar-refractivity contribution in [1.29, 1.82) is 0 Å². The summed E-state index contributed by atoms with van der Waals surface area (Å²) in [5, 5.41) is 1.86. The van der Waals surface area contributed by atoms with Gasteiger partial charge in [-0.1, -0.05) is 12.1 Å². The van der Waals surface area contributed by atoms with Gasteiger partial charge in [0.15, 0.2) is 0 Å². The summed E-state index contributed by atoms with van der Waals surface area (Å²) in [6.07, 6.45) is 0. The summed E-state index contributed by atoms with van der Waals surface area (Å²) in [6.45, 7) is 0. The van der Waals surface area contributed by atoms with Gasteiger partial charge in [-0.25, -0.2) is 0 Å². The highest BCUT2D eigenvalue weighted by molar-refractivity contribution is 14.1. The van der Waals surface area contributed by atoms with Gasteiger partial charge in [-0.15, -0.1) is 11.3 Å². The number of ketones is 1. The number of methoxy groups -OCH3 is 1. The maximum Gasteiger partial charge on any atom is 0.206 e. The predicted molar refractivity (Wildman–Crippen MR) is 73.5 cm³/mol. The molecular formula is C12H9IO2S. The van der Waals surface area contributed by atoms with Gasteiger partial charge < -0.3 is 4.74 Å². The second-order valence-corrected chi connectivity index (χ2v) is 5.32. The Labute approximate surface area is 111 Å². The Bertz CT molecular complexity index is 519. The molecule has 0 aliphatic carbocycles. The number of hydrogen-bond donors (Lipinski definition) is 0. The molecule has 2 nitrogen and oxygen atoms in total. The molecule has 1 aromatic heterocycles. The van der Waals surface area contributed by atoms with Gasteiger partial charge in [-0.3, -0.25) is 4.79 Å². The van der Waals surface area contributed by atoms with Gasteiger partial charge in [0, 0.05) is 9.13 Å². The van der Waals surface area contributed by atoms with Crippen molar-refractivity contribution in [2.24, 2.45) is 0 Å². The zero-order valence-corrected chi connectivity index (χ0v) is 11.5. The van der Waals surface area contributed by atoms with E-state index in [1.807, 2.05) is 35.7 Å². The topological polar surface area (TPSA) is 26.3 Å². The monoisotopic (exact) mass is 344 g/mol. The molecule has 1 aromatic carbocycles. The van der Waals surface area contributed by atoms with Crippen LogP contribution in [0.4, 0.5) is 0 Å². The van der Waals surface area contributed by atoms with Crippen LogP contribution in [-0.4, -0.2) is 12.9 Å². The standard InChI is InChI=1S/C12H9IO2S/c1-15-10-5-6-16-12(10)11(14)8-3-2-4-9(13)7-8/h2-7H,1H3. The summed E-state index contributed by atoms with van der Waals surface area (Å²) in [5.41, 5.74) is 0.702. The van der Waals surface area contributed by atoms with Gasteiger partial charge in [-0.05, 0) is 46.2 Å². The minimum atomic E-state index is 0.0189. The lowest BCUT2D eigenvalue weighted by Crippen LogP contribution is -2.00. The van der Waals surface area contributed by atoms with Gasteiger partial charge in [0.2, 0.25) is 5.78 Å². The average molecular weight is 344 g/mol. The fourth-order valence-electron chi connectivity index (χ4n) is 1.38. The molecule has 0 fully saturated rings. The zero-order chi connectivity index (χ0) is 11.5. The third-order valence-electron chi connectivity index (χ3n) is 2.14. The second-order valence-electron chi connectivity index (χ2n) is 3.16. The molecule has 0 amide bonds. The van der Waals surface area contributed by atoms with Crippen molar-refractivity contribution in [2.75, 3.05) is 7.11 Å². The summed E-state index contributed by atoms with van der Waals surface area (Å²) in [6, 6.07) is 9.36. The minimum Gasteiger partial charge on any atom is -0.495 e. The van der Waals surface area contributed by atoms with Crippen molar-refractivity contribution in [1.82, 2.24) is 0 Å². The van der Waals surface area contributed by atoms with Gasteiger partial charge in [0.25, 0.3) is 0 Å². The van der Waals surface area contributed by atoms with Crippen molar-refractivity contribution in [3.63, 3.8) is 0 Å². The van der Waals surface area contributed by atoms with Crippen LogP contribution in [0.5, 0.6) is 5.75 Å². The van der Waals surface area contributed by atoms with Crippen molar-refractivity contribution >= 4 is 39.7 Å². The lowest BCUT2D eigenvalue weighted by molar-refractivity contribution is 0.104. The molecule has 0 radical (unpaired) electrons. The number of hydrogen-bond acceptors (Lipinski definition) is 3. The molecule has 0 saturated heterocycles. The van der Waals surface area contributed by atoms with Crippen LogP contribution in [0.3, 0.4) is 0 Å². The zero-order valence-electron chi connectivity index (χ0n) is 8.57. The van der Waals surface area contributed by atoms with E-state index in [-0.39, 0.29) is 5.78 Å². The Balaban J connectivity index is 2.39. The van der Waals surface area contributed by atoms with E-state index < -0.39 is 0 Å². The molecule has 2 rings (SSSR count). The number of carbonyl (C=O) groups excluding carboxylic acids is 1. The molecule has 0 aliphatic rings. The lowest BCUT2D eigenvalue weighted by atomic mass is 10.1. The fourth-order valence-corrected chi connectivity index (χ4v) is 2.75. The SMILES string of the molecule is COc1ccsc1C(=O)c1cccc(I)c1. The molecule has 0 aliphatic heterocycles. The molecule has 0 N–H and O–H groups in total. The van der Waals surface area contributed by atoms with Crippen LogP contribution >= 0.6 is 33.9 Å². The van der Waals surface area contributed by atoms with E-state index in [2.05, 4.69) is 22.6 Å². The Morgan fingerprint density at radius 1 is 1.38 bits per heavy atom. The maximum absolute atomic E-state index is 12.2. The van der Waals surface area contributed by atoms with Crippen molar-refractivity contribution < 1.29 is 9.53 Å². The Morgan fingerprint density at radius 3 is 2.88 bits per heavy atom. The first-order valence-electron chi connectivity index (χ1n) is 4.64. The first-order valence-corrected chi connectivity index (χ1v) is 6.60. The summed E-state index contributed by atoms with van der Waals surface area (Å²) in [4.78, 5) is 12.8. The van der Waals surface area contributed by atoms with E-state index in [9.17, 15) is 4.79 Å². The third kappa shape index (κ3) is 2.27. The van der Waals surface area contributed by atoms with Gasteiger partial charge in [0.1, 0.15) is 10.6 Å². The van der Waals surface area contributed by atoms with Crippen LogP contribution in [-0.2, 0) is 0 Å². The highest BCUT2D eigenvalue weighted by atomic mass is 127. The van der Waals surface area contributed by atoms with Crippen molar-refractivity contribution in [3.05, 3.63) is 49.7 Å². The molecule has 0 atom stereocenters. The lowest BCUT2D eigenvalue weighted by Gasteiger charge is -2.02. The quantitative estimate of drug-likeness (QED) is 0.628. The fraction of sp³-hybridized carbons (Fsp3) is 0.0833. The van der Waals surface area contributed by atoms with Crippen LogP contribution in [0.25, 0.3) is 0 Å². The third-order valence-corrected chi connectivity index (χ3v) is 3.71. The number of ether oxygens (including phenoxy) is 1. The minimum absolute atomic E-state index is 0.0189. The van der Waals surface area contributed by atoms with E-state index in [1.54, 1.807) is 7.11 Å². The summed E-state index contributed by atoms with van der Waals surface area (Å²) >= 11 is 3.60. The van der Waals surface area contributed by atoms with Crippen molar-refractivity contribution in [2.45, 2.75) is 0 Å². The molecule has 2 aromatic rings. The highest BCUT2D eigenvalue weighted by Gasteiger charge is 2.15. The van der Waals surface area contributed by atoms with Crippen LogP contribution in [0.1, 0.15) is 15.2 Å². The van der Waals surface area contributed by atoms with Crippen LogP contribution < -0.4 is 4.74 Å². The van der Waals surface area contributed by atoms with E-state index in [4.69, 9.17) is 4.74 Å². The first-order chi connectivity index (χ1) is 7.72. The molecule has 16 heavy (non-hydrogen) atoms. The van der Waals surface area contributed by atoms with Crippen LogP contribution in [0.2, 0.25) is 0 Å². The number of thiophene rings is 1. The maximum atomic E-state index is 12.2. The van der Waals surface area contributed by atoms with Gasteiger partial charge in [-0.2, -0.15) is 0 Å². The van der Waals surface area contributed by atoms with E-state index in [1.165, 1.54) is 11.3 Å². The molecular weight excluding hydrogens is 335 g/mol.